The third kappa shape index (κ3) is 2.88. The normalized spacial score (nSPS) is 13.7. The number of pyridine rings is 1. The van der Waals surface area contributed by atoms with Crippen molar-refractivity contribution in [2.45, 2.75) is 12.8 Å². The number of nitrogens with one attached hydrogen (secondary N) is 1. The molecular formula is C17H12ClN3OS2. The van der Waals surface area contributed by atoms with Crippen molar-refractivity contribution in [2.24, 2.45) is 0 Å². The number of halogens is 1. The van der Waals surface area contributed by atoms with Crippen LogP contribution >= 0.6 is 34.3 Å². The molecule has 0 spiro atoms. The first-order valence-corrected chi connectivity index (χ1v) is 9.50. The van der Waals surface area contributed by atoms with Gasteiger partial charge >= 0.3 is 0 Å². The third-order valence-corrected chi connectivity index (χ3v) is 5.80. The minimum atomic E-state index is -0.192. The molecule has 1 N–H and O–H groups in total. The molecule has 3 aromatic heterocycles. The molecule has 3 aromatic rings. The summed E-state index contributed by atoms with van der Waals surface area (Å²) < 4.78 is 0. The molecule has 0 saturated heterocycles. The van der Waals surface area contributed by atoms with E-state index in [1.54, 1.807) is 17.5 Å². The Kier molecular flexibility index (Phi) is 4.18. The van der Waals surface area contributed by atoms with Crippen LogP contribution in [-0.2, 0) is 11.2 Å². The number of anilines is 1. The standard InChI is InChI=1S/C17H12ClN3OS2/c18-15-10-3-6-13(14-2-1-8-23-14)20-12(10)5-4-11(15)16(22)21-17-19-7-9-24-17/h1-3,6-9H,4-5H2,(H,19,21,22). The average molecular weight is 374 g/mol. The van der Waals surface area contributed by atoms with Crippen molar-refractivity contribution in [3.05, 3.63) is 58.1 Å². The predicted molar refractivity (Wildman–Crippen MR) is 99.4 cm³/mol. The smallest absolute Gasteiger partial charge is 0.254 e. The number of aromatic nitrogens is 2. The van der Waals surface area contributed by atoms with E-state index in [2.05, 4.69) is 10.3 Å². The number of thiazole rings is 1. The molecule has 120 valence electrons. The summed E-state index contributed by atoms with van der Waals surface area (Å²) in [6.07, 6.45) is 2.93. The molecule has 0 atom stereocenters. The van der Waals surface area contributed by atoms with E-state index in [0.717, 1.165) is 21.8 Å². The number of nitrogens with zero attached hydrogens (tertiary/aromatic N) is 2. The highest BCUT2D eigenvalue weighted by molar-refractivity contribution is 7.14. The number of amides is 1. The van der Waals surface area contributed by atoms with Gasteiger partial charge in [-0.25, -0.2) is 4.98 Å². The van der Waals surface area contributed by atoms with Crippen LogP contribution in [0.4, 0.5) is 5.13 Å². The average Bonchev–Trinajstić information content (AvgIpc) is 3.28. The molecule has 0 unspecified atom stereocenters. The highest BCUT2D eigenvalue weighted by Crippen LogP contribution is 2.35. The van der Waals surface area contributed by atoms with Crippen LogP contribution in [0, 0.1) is 0 Å². The molecule has 24 heavy (non-hydrogen) atoms. The Morgan fingerprint density at radius 3 is 2.83 bits per heavy atom. The molecule has 0 aromatic carbocycles. The van der Waals surface area contributed by atoms with E-state index < -0.39 is 0 Å². The summed E-state index contributed by atoms with van der Waals surface area (Å²) in [7, 11) is 0. The summed E-state index contributed by atoms with van der Waals surface area (Å²) in [6, 6.07) is 7.96. The molecule has 0 aliphatic heterocycles. The maximum atomic E-state index is 12.4. The van der Waals surface area contributed by atoms with Crippen LogP contribution in [0.2, 0.25) is 0 Å². The van der Waals surface area contributed by atoms with Gasteiger partial charge in [-0.15, -0.1) is 22.7 Å². The maximum Gasteiger partial charge on any atom is 0.254 e. The van der Waals surface area contributed by atoms with Gasteiger partial charge < -0.3 is 0 Å². The molecule has 0 saturated carbocycles. The Morgan fingerprint density at radius 1 is 1.17 bits per heavy atom. The largest absolute Gasteiger partial charge is 0.298 e. The minimum absolute atomic E-state index is 0.192. The molecule has 0 radical (unpaired) electrons. The lowest BCUT2D eigenvalue weighted by Gasteiger charge is -2.19. The van der Waals surface area contributed by atoms with E-state index in [1.807, 2.05) is 35.0 Å². The maximum absolute atomic E-state index is 12.4. The van der Waals surface area contributed by atoms with Crippen LogP contribution in [-0.4, -0.2) is 15.9 Å². The zero-order valence-corrected chi connectivity index (χ0v) is 14.8. The van der Waals surface area contributed by atoms with Crippen LogP contribution in [0.3, 0.4) is 0 Å². The van der Waals surface area contributed by atoms with Crippen LogP contribution in [0.1, 0.15) is 17.7 Å². The summed E-state index contributed by atoms with van der Waals surface area (Å²) in [5.41, 5.74) is 3.32. The zero-order chi connectivity index (χ0) is 16.5. The van der Waals surface area contributed by atoms with Crippen LogP contribution in [0.5, 0.6) is 0 Å². The SMILES string of the molecule is O=C(Nc1nccs1)C1=C(Cl)c2ccc(-c3cccs3)nc2CC1. The minimum Gasteiger partial charge on any atom is -0.298 e. The van der Waals surface area contributed by atoms with Crippen LogP contribution in [0.25, 0.3) is 15.6 Å². The van der Waals surface area contributed by atoms with Gasteiger partial charge in [0.15, 0.2) is 5.13 Å². The van der Waals surface area contributed by atoms with E-state index in [0.29, 0.717) is 28.6 Å². The Bertz CT molecular complexity index is 917. The molecule has 7 heteroatoms. The summed E-state index contributed by atoms with van der Waals surface area (Å²) in [5.74, 6) is -0.192. The van der Waals surface area contributed by atoms with Crippen LogP contribution in [0.15, 0.2) is 46.8 Å². The lowest BCUT2D eigenvalue weighted by atomic mass is 9.95. The van der Waals surface area contributed by atoms with Gasteiger partial charge in [-0.2, -0.15) is 0 Å². The molecule has 1 aliphatic carbocycles. The zero-order valence-electron chi connectivity index (χ0n) is 12.5. The van der Waals surface area contributed by atoms with E-state index in [1.165, 1.54) is 11.3 Å². The van der Waals surface area contributed by atoms with Crippen molar-refractivity contribution < 1.29 is 4.79 Å². The van der Waals surface area contributed by atoms with Gasteiger partial charge in [-0.05, 0) is 36.4 Å². The fourth-order valence-corrected chi connectivity index (χ4v) is 4.21. The van der Waals surface area contributed by atoms with Crippen molar-refractivity contribution in [3.8, 4) is 10.6 Å². The van der Waals surface area contributed by atoms with Crippen molar-refractivity contribution >= 4 is 50.3 Å². The first-order chi connectivity index (χ1) is 11.7. The van der Waals surface area contributed by atoms with Crippen molar-refractivity contribution in [2.75, 3.05) is 5.32 Å². The Morgan fingerprint density at radius 2 is 2.08 bits per heavy atom. The van der Waals surface area contributed by atoms with E-state index in [9.17, 15) is 4.79 Å². The molecule has 1 amide bonds. The summed E-state index contributed by atoms with van der Waals surface area (Å²) in [6.45, 7) is 0. The molecule has 1 aliphatic rings. The fourth-order valence-electron chi connectivity index (χ4n) is 2.64. The first kappa shape index (κ1) is 15.5. The molecule has 4 nitrogen and oxygen atoms in total. The number of aryl methyl sites for hydroxylation is 1. The van der Waals surface area contributed by atoms with E-state index >= 15 is 0 Å². The second kappa shape index (κ2) is 6.47. The molecular weight excluding hydrogens is 362 g/mol. The Hall–Kier alpha value is -2.02. The first-order valence-electron chi connectivity index (χ1n) is 7.36. The van der Waals surface area contributed by atoms with Gasteiger partial charge in [0.25, 0.3) is 5.91 Å². The number of fused-ring (bicyclic) bond motifs is 1. The highest BCUT2D eigenvalue weighted by atomic mass is 35.5. The van der Waals surface area contributed by atoms with Gasteiger partial charge in [-0.3, -0.25) is 15.1 Å². The monoisotopic (exact) mass is 373 g/mol. The summed E-state index contributed by atoms with van der Waals surface area (Å²) in [4.78, 5) is 22.4. The third-order valence-electron chi connectivity index (χ3n) is 3.79. The van der Waals surface area contributed by atoms with Gasteiger partial charge in [0.2, 0.25) is 0 Å². The molecule has 0 bridgehead atoms. The number of thiophene rings is 1. The Balaban J connectivity index is 1.65. The Labute approximate surface area is 151 Å². The number of hydrogen-bond acceptors (Lipinski definition) is 5. The number of carbonyl (C=O) groups is 1. The van der Waals surface area contributed by atoms with Gasteiger partial charge in [0, 0.05) is 22.7 Å². The topological polar surface area (TPSA) is 54.9 Å². The molecule has 4 rings (SSSR count). The summed E-state index contributed by atoms with van der Waals surface area (Å²) >= 11 is 9.53. The summed E-state index contributed by atoms with van der Waals surface area (Å²) in [5, 5.41) is 7.70. The van der Waals surface area contributed by atoms with Gasteiger partial charge in [0.1, 0.15) is 0 Å². The number of rotatable bonds is 3. The van der Waals surface area contributed by atoms with Crippen molar-refractivity contribution in [3.63, 3.8) is 0 Å². The number of hydrogen-bond donors (Lipinski definition) is 1. The van der Waals surface area contributed by atoms with Crippen LogP contribution < -0.4 is 5.32 Å². The predicted octanol–water partition coefficient (Wildman–Crippen LogP) is 4.80. The van der Waals surface area contributed by atoms with Crippen molar-refractivity contribution in [1.82, 2.24) is 9.97 Å². The lowest BCUT2D eigenvalue weighted by Crippen LogP contribution is -2.18. The second-order valence-electron chi connectivity index (χ2n) is 5.25. The second-order valence-corrected chi connectivity index (χ2v) is 7.47. The quantitative estimate of drug-likeness (QED) is 0.717. The molecule has 0 fully saturated rings. The van der Waals surface area contributed by atoms with E-state index in [4.69, 9.17) is 16.6 Å². The van der Waals surface area contributed by atoms with E-state index in [-0.39, 0.29) is 5.91 Å². The van der Waals surface area contributed by atoms with Gasteiger partial charge in [0.05, 0.1) is 21.3 Å². The highest BCUT2D eigenvalue weighted by Gasteiger charge is 2.24. The fraction of sp³-hybridized carbons (Fsp3) is 0.118. The van der Waals surface area contributed by atoms with Crippen molar-refractivity contribution in [1.29, 1.82) is 0 Å². The lowest BCUT2D eigenvalue weighted by molar-refractivity contribution is -0.112. The molecule has 3 heterocycles. The van der Waals surface area contributed by atoms with Gasteiger partial charge in [-0.1, -0.05) is 17.7 Å². The number of carbonyl (C=O) groups excluding carboxylic acids is 1.